The number of benzene rings is 9. The van der Waals surface area contributed by atoms with Crippen LogP contribution < -0.4 is 4.90 Å². The Morgan fingerprint density at radius 3 is 1.84 bits per heavy atom. The molecule has 2 aromatic heterocycles. The van der Waals surface area contributed by atoms with Gasteiger partial charge >= 0.3 is 0 Å². The third-order valence-electron chi connectivity index (χ3n) is 10.5. The van der Waals surface area contributed by atoms with Crippen LogP contribution in [0.15, 0.2) is 186 Å². The molecule has 3 nitrogen and oxygen atoms in total. The molecule has 0 fully saturated rings. The minimum Gasteiger partial charge on any atom is -0.456 e. The molecule has 2 heterocycles. The zero-order chi connectivity index (χ0) is 33.5. The lowest BCUT2D eigenvalue weighted by Gasteiger charge is -2.28. The predicted octanol–water partition coefficient (Wildman–Crippen LogP) is 13.6. The van der Waals surface area contributed by atoms with Crippen LogP contribution in [0.1, 0.15) is 0 Å². The van der Waals surface area contributed by atoms with Crippen molar-refractivity contribution in [2.75, 3.05) is 4.90 Å². The van der Waals surface area contributed by atoms with E-state index < -0.39 is 0 Å². The van der Waals surface area contributed by atoms with Crippen molar-refractivity contribution >= 4 is 93.1 Å². The molecule has 51 heavy (non-hydrogen) atoms. The highest BCUT2D eigenvalue weighted by Gasteiger charge is 2.21. The summed E-state index contributed by atoms with van der Waals surface area (Å²) >= 11 is 0. The molecule has 238 valence electrons. The van der Waals surface area contributed by atoms with Crippen molar-refractivity contribution in [3.63, 3.8) is 0 Å². The fraction of sp³-hybridized carbons (Fsp3) is 0. The van der Waals surface area contributed by atoms with E-state index in [4.69, 9.17) is 4.42 Å². The second kappa shape index (κ2) is 10.8. The smallest absolute Gasteiger partial charge is 0.137 e. The largest absolute Gasteiger partial charge is 0.456 e. The van der Waals surface area contributed by atoms with Crippen LogP contribution in [0.4, 0.5) is 17.1 Å². The molecule has 0 atom stereocenters. The first kappa shape index (κ1) is 28.0. The summed E-state index contributed by atoms with van der Waals surface area (Å²) in [4.78, 5) is 2.42. The maximum Gasteiger partial charge on any atom is 0.137 e. The van der Waals surface area contributed by atoms with Crippen molar-refractivity contribution in [2.24, 2.45) is 0 Å². The minimum absolute atomic E-state index is 0.871. The highest BCUT2D eigenvalue weighted by Crippen LogP contribution is 2.46. The molecule has 0 aliphatic carbocycles. The lowest BCUT2D eigenvalue weighted by atomic mass is 9.95. The number of anilines is 3. The molecule has 3 heteroatoms. The molecule has 0 spiro atoms. The lowest BCUT2D eigenvalue weighted by Crippen LogP contribution is -2.10. The zero-order valence-corrected chi connectivity index (χ0v) is 27.6. The van der Waals surface area contributed by atoms with Gasteiger partial charge in [0.2, 0.25) is 0 Å². The van der Waals surface area contributed by atoms with Gasteiger partial charge in [0, 0.05) is 50.1 Å². The van der Waals surface area contributed by atoms with E-state index in [2.05, 4.69) is 179 Å². The quantitative estimate of drug-likeness (QED) is 0.177. The van der Waals surface area contributed by atoms with Crippen molar-refractivity contribution in [1.29, 1.82) is 0 Å². The summed E-state index contributed by atoms with van der Waals surface area (Å²) in [6.07, 6.45) is 0. The summed E-state index contributed by atoms with van der Waals surface area (Å²) in [5, 5.41) is 12.1. The fourth-order valence-corrected chi connectivity index (χ4v) is 8.26. The van der Waals surface area contributed by atoms with Gasteiger partial charge in [0.1, 0.15) is 11.2 Å². The first-order valence-electron chi connectivity index (χ1n) is 17.4. The monoisotopic (exact) mass is 650 g/mol. The van der Waals surface area contributed by atoms with Gasteiger partial charge in [-0.3, -0.25) is 0 Å². The number of nitrogens with zero attached hydrogens (tertiary/aromatic N) is 2. The van der Waals surface area contributed by atoms with Gasteiger partial charge in [-0.05, 0) is 87.6 Å². The van der Waals surface area contributed by atoms with Crippen molar-refractivity contribution in [3.8, 4) is 5.69 Å². The van der Waals surface area contributed by atoms with Gasteiger partial charge in [0.25, 0.3) is 0 Å². The molecule has 0 N–H and O–H groups in total. The van der Waals surface area contributed by atoms with Crippen LogP contribution in [-0.2, 0) is 0 Å². The first-order chi connectivity index (χ1) is 25.3. The number of hydrogen-bond acceptors (Lipinski definition) is 2. The normalized spacial score (nSPS) is 11.9. The highest BCUT2D eigenvalue weighted by atomic mass is 16.3. The molecular formula is C48H30N2O. The van der Waals surface area contributed by atoms with Gasteiger partial charge < -0.3 is 13.9 Å². The van der Waals surface area contributed by atoms with Crippen LogP contribution in [-0.4, -0.2) is 4.57 Å². The summed E-state index contributed by atoms with van der Waals surface area (Å²) in [5.41, 5.74) is 8.52. The van der Waals surface area contributed by atoms with Crippen LogP contribution in [0.25, 0.3) is 81.7 Å². The molecule has 9 aromatic carbocycles. The molecule has 0 bridgehead atoms. The van der Waals surface area contributed by atoms with Crippen molar-refractivity contribution in [2.45, 2.75) is 0 Å². The Kier molecular flexibility index (Phi) is 5.96. The SMILES string of the molecule is c1ccc(-n2c3ccccc3c3cc(N(c4ccc5c(c4)oc4ccccc45)c4cc5c6ccccc6ccc5c5ccccc45)ccc32)cc1. The highest BCUT2D eigenvalue weighted by molar-refractivity contribution is 6.22. The molecular weight excluding hydrogens is 621 g/mol. The number of para-hydroxylation sites is 3. The Labute approximate surface area is 293 Å². The van der Waals surface area contributed by atoms with Gasteiger partial charge in [0.15, 0.2) is 0 Å². The second-order valence-corrected chi connectivity index (χ2v) is 13.3. The molecule has 11 aromatic rings. The van der Waals surface area contributed by atoms with Gasteiger partial charge in [-0.2, -0.15) is 0 Å². The van der Waals surface area contributed by atoms with E-state index in [1.165, 1.54) is 54.1 Å². The Balaban J connectivity index is 1.24. The summed E-state index contributed by atoms with van der Waals surface area (Å²) in [7, 11) is 0. The number of aromatic nitrogens is 1. The Bertz CT molecular complexity index is 3150. The standard InChI is InChI=1S/C48H30N2O/c1-2-13-32(14-3-1)50-44-20-10-8-18-39(44)43-28-33(24-27-45(43)50)49(34-23-26-41-40-19-9-11-21-47(40)51-48(41)29-34)46-30-42-35-15-5-4-12-31(35)22-25-37(42)36-16-6-7-17-38(36)46/h1-30H. The third-order valence-corrected chi connectivity index (χ3v) is 10.5. The van der Waals surface area contributed by atoms with Crippen LogP contribution in [0.5, 0.6) is 0 Å². The van der Waals surface area contributed by atoms with Crippen molar-refractivity contribution < 1.29 is 4.42 Å². The van der Waals surface area contributed by atoms with Crippen molar-refractivity contribution in [3.05, 3.63) is 182 Å². The fourth-order valence-electron chi connectivity index (χ4n) is 8.26. The first-order valence-corrected chi connectivity index (χ1v) is 17.4. The average molecular weight is 651 g/mol. The van der Waals surface area contributed by atoms with Gasteiger partial charge in [-0.15, -0.1) is 0 Å². The molecule has 0 aliphatic rings. The van der Waals surface area contributed by atoms with E-state index in [1.54, 1.807) is 0 Å². The average Bonchev–Trinajstić information content (AvgIpc) is 3.73. The Morgan fingerprint density at radius 2 is 0.961 bits per heavy atom. The van der Waals surface area contributed by atoms with E-state index in [-0.39, 0.29) is 0 Å². The van der Waals surface area contributed by atoms with E-state index in [0.717, 1.165) is 44.7 Å². The molecule has 0 saturated heterocycles. The van der Waals surface area contributed by atoms with Crippen LogP contribution in [0.3, 0.4) is 0 Å². The zero-order valence-electron chi connectivity index (χ0n) is 27.6. The molecule has 0 aliphatic heterocycles. The number of fused-ring (bicyclic) bond motifs is 11. The maximum absolute atomic E-state index is 6.48. The third kappa shape index (κ3) is 4.19. The lowest BCUT2D eigenvalue weighted by molar-refractivity contribution is 0.669. The van der Waals surface area contributed by atoms with Gasteiger partial charge in [-0.1, -0.05) is 115 Å². The number of furan rings is 1. The molecule has 11 rings (SSSR count). The minimum atomic E-state index is 0.871. The summed E-state index contributed by atoms with van der Waals surface area (Å²) in [6.45, 7) is 0. The van der Waals surface area contributed by atoms with Crippen LogP contribution in [0.2, 0.25) is 0 Å². The maximum atomic E-state index is 6.48. The van der Waals surface area contributed by atoms with Gasteiger partial charge in [-0.25, -0.2) is 0 Å². The summed E-state index contributed by atoms with van der Waals surface area (Å²) in [5.74, 6) is 0. The molecule has 0 saturated carbocycles. The Hall–Kier alpha value is -6.84. The van der Waals surface area contributed by atoms with E-state index >= 15 is 0 Å². The van der Waals surface area contributed by atoms with Crippen LogP contribution >= 0.6 is 0 Å². The Morgan fingerprint density at radius 1 is 0.353 bits per heavy atom. The number of hydrogen-bond donors (Lipinski definition) is 0. The van der Waals surface area contributed by atoms with Crippen molar-refractivity contribution in [1.82, 2.24) is 4.57 Å². The van der Waals surface area contributed by atoms with Crippen LogP contribution in [0, 0.1) is 0 Å². The van der Waals surface area contributed by atoms with E-state index in [9.17, 15) is 0 Å². The topological polar surface area (TPSA) is 21.3 Å². The summed E-state index contributed by atoms with van der Waals surface area (Å²) < 4.78 is 8.85. The molecule has 0 amide bonds. The molecule has 0 unspecified atom stereocenters. The second-order valence-electron chi connectivity index (χ2n) is 13.3. The predicted molar refractivity (Wildman–Crippen MR) is 215 cm³/mol. The van der Waals surface area contributed by atoms with E-state index in [0.29, 0.717) is 0 Å². The summed E-state index contributed by atoms with van der Waals surface area (Å²) in [6, 6.07) is 65.6. The van der Waals surface area contributed by atoms with Gasteiger partial charge in [0.05, 0.1) is 16.7 Å². The molecule has 0 radical (unpaired) electrons. The number of rotatable bonds is 4. The van der Waals surface area contributed by atoms with E-state index in [1.807, 2.05) is 12.1 Å².